The van der Waals surface area contributed by atoms with E-state index in [-0.39, 0.29) is 17.7 Å². The van der Waals surface area contributed by atoms with E-state index in [1.807, 2.05) is 54.6 Å². The highest BCUT2D eigenvalue weighted by Gasteiger charge is 2.15. The van der Waals surface area contributed by atoms with Gasteiger partial charge in [0, 0.05) is 31.0 Å². The summed E-state index contributed by atoms with van der Waals surface area (Å²) < 4.78 is 0. The Morgan fingerprint density at radius 1 is 0.690 bits per heavy atom. The van der Waals surface area contributed by atoms with Crippen LogP contribution in [0.15, 0.2) is 91.0 Å². The molecule has 0 fully saturated rings. The van der Waals surface area contributed by atoms with E-state index in [1.165, 1.54) is 11.1 Å². The number of carbonyl (C=O) groups is 2. The molecule has 0 saturated carbocycles. The van der Waals surface area contributed by atoms with Crippen molar-refractivity contribution in [3.63, 3.8) is 0 Å². The number of carbonyl (C=O) groups excluding carboxylic acids is 2. The van der Waals surface area contributed by atoms with Crippen molar-refractivity contribution in [2.24, 2.45) is 0 Å². The zero-order valence-corrected chi connectivity index (χ0v) is 16.4. The Labute approximate surface area is 172 Å². The average molecular weight is 386 g/mol. The van der Waals surface area contributed by atoms with Crippen LogP contribution in [0.2, 0.25) is 0 Å². The summed E-state index contributed by atoms with van der Waals surface area (Å²) in [5, 5.41) is 5.90. The third kappa shape index (κ3) is 6.32. The minimum absolute atomic E-state index is 0.00387. The SMILES string of the molecule is O=C(CCCNC(=O)c1ccccc1)NCC(c1ccccc1)c1ccccc1. The molecule has 2 N–H and O–H groups in total. The molecule has 0 heterocycles. The Morgan fingerprint density at radius 3 is 1.76 bits per heavy atom. The van der Waals surface area contributed by atoms with Crippen molar-refractivity contribution in [3.05, 3.63) is 108 Å². The van der Waals surface area contributed by atoms with Crippen LogP contribution < -0.4 is 10.6 Å². The predicted octanol–water partition coefficient (Wildman–Crippen LogP) is 4.14. The maximum atomic E-state index is 12.3. The zero-order chi connectivity index (χ0) is 20.3. The topological polar surface area (TPSA) is 58.2 Å². The first-order valence-corrected chi connectivity index (χ1v) is 9.94. The molecule has 0 saturated heterocycles. The summed E-state index contributed by atoms with van der Waals surface area (Å²) in [7, 11) is 0. The minimum atomic E-state index is -0.112. The third-order valence-electron chi connectivity index (χ3n) is 4.81. The lowest BCUT2D eigenvalue weighted by Crippen LogP contribution is -2.30. The van der Waals surface area contributed by atoms with Crippen LogP contribution in [0.3, 0.4) is 0 Å². The number of benzene rings is 3. The maximum Gasteiger partial charge on any atom is 0.251 e. The fourth-order valence-electron chi connectivity index (χ4n) is 3.25. The number of amides is 2. The molecular weight excluding hydrogens is 360 g/mol. The van der Waals surface area contributed by atoms with Gasteiger partial charge in [0.25, 0.3) is 5.91 Å². The molecule has 0 aliphatic rings. The number of hydrogen-bond acceptors (Lipinski definition) is 2. The standard InChI is InChI=1S/C25H26N2O2/c28-24(17-10-18-26-25(29)22-15-8-3-9-16-22)27-19-23(20-11-4-1-5-12-20)21-13-6-2-7-14-21/h1-9,11-16,23H,10,17-19H2,(H,26,29)(H,27,28). The fourth-order valence-corrected chi connectivity index (χ4v) is 3.25. The maximum absolute atomic E-state index is 12.3. The van der Waals surface area contributed by atoms with Crippen LogP contribution in [0.4, 0.5) is 0 Å². The Hall–Kier alpha value is -3.40. The molecule has 3 aromatic carbocycles. The summed E-state index contributed by atoms with van der Waals surface area (Å²) in [5.41, 5.74) is 2.98. The Balaban J connectivity index is 1.46. The zero-order valence-electron chi connectivity index (χ0n) is 16.4. The third-order valence-corrected chi connectivity index (χ3v) is 4.81. The molecule has 29 heavy (non-hydrogen) atoms. The molecule has 0 aromatic heterocycles. The molecule has 148 valence electrons. The van der Waals surface area contributed by atoms with Gasteiger partial charge in [0.1, 0.15) is 0 Å². The van der Waals surface area contributed by atoms with Crippen molar-refractivity contribution in [2.75, 3.05) is 13.1 Å². The van der Waals surface area contributed by atoms with Crippen molar-refractivity contribution in [3.8, 4) is 0 Å². The summed E-state index contributed by atoms with van der Waals surface area (Å²) in [6.45, 7) is 1.02. The van der Waals surface area contributed by atoms with Crippen molar-refractivity contribution < 1.29 is 9.59 Å². The fraction of sp³-hybridized carbons (Fsp3) is 0.200. The first-order valence-electron chi connectivity index (χ1n) is 9.94. The number of rotatable bonds is 9. The van der Waals surface area contributed by atoms with Gasteiger partial charge in [0.2, 0.25) is 5.91 Å². The van der Waals surface area contributed by atoms with Crippen LogP contribution in [-0.2, 0) is 4.79 Å². The van der Waals surface area contributed by atoms with Gasteiger partial charge in [-0.2, -0.15) is 0 Å². The van der Waals surface area contributed by atoms with E-state index in [0.717, 1.165) is 0 Å². The minimum Gasteiger partial charge on any atom is -0.355 e. The van der Waals surface area contributed by atoms with Gasteiger partial charge in [-0.25, -0.2) is 0 Å². The van der Waals surface area contributed by atoms with Gasteiger partial charge in [0.15, 0.2) is 0 Å². The van der Waals surface area contributed by atoms with Crippen molar-refractivity contribution in [1.82, 2.24) is 10.6 Å². The normalized spacial score (nSPS) is 10.5. The molecule has 0 radical (unpaired) electrons. The first kappa shape index (κ1) is 20.3. The van der Waals surface area contributed by atoms with E-state index in [1.54, 1.807) is 12.1 Å². The van der Waals surface area contributed by atoms with Crippen LogP contribution in [-0.4, -0.2) is 24.9 Å². The Kier molecular flexibility index (Phi) is 7.58. The van der Waals surface area contributed by atoms with E-state index in [4.69, 9.17) is 0 Å². The van der Waals surface area contributed by atoms with Gasteiger partial charge in [-0.15, -0.1) is 0 Å². The quantitative estimate of drug-likeness (QED) is 0.543. The molecule has 0 spiro atoms. The van der Waals surface area contributed by atoms with Gasteiger partial charge in [-0.3, -0.25) is 9.59 Å². The van der Waals surface area contributed by atoms with Crippen LogP contribution in [0, 0.1) is 0 Å². The van der Waals surface area contributed by atoms with Crippen molar-refractivity contribution >= 4 is 11.8 Å². The van der Waals surface area contributed by atoms with Gasteiger partial charge in [0.05, 0.1) is 0 Å². The van der Waals surface area contributed by atoms with Crippen LogP contribution in [0.25, 0.3) is 0 Å². The Bertz CT molecular complexity index is 856. The largest absolute Gasteiger partial charge is 0.355 e. The molecule has 0 aliphatic heterocycles. The smallest absolute Gasteiger partial charge is 0.251 e. The van der Waals surface area contributed by atoms with E-state index in [2.05, 4.69) is 34.9 Å². The van der Waals surface area contributed by atoms with Gasteiger partial charge in [-0.1, -0.05) is 78.9 Å². The molecule has 0 bridgehead atoms. The highest BCUT2D eigenvalue weighted by Crippen LogP contribution is 2.23. The average Bonchev–Trinajstić information content (AvgIpc) is 2.79. The molecular formula is C25H26N2O2. The lowest BCUT2D eigenvalue weighted by Gasteiger charge is -2.19. The van der Waals surface area contributed by atoms with E-state index < -0.39 is 0 Å². The van der Waals surface area contributed by atoms with Gasteiger partial charge < -0.3 is 10.6 Å². The van der Waals surface area contributed by atoms with Crippen LogP contribution in [0.1, 0.15) is 40.2 Å². The van der Waals surface area contributed by atoms with Gasteiger partial charge in [-0.05, 0) is 29.7 Å². The summed E-state index contributed by atoms with van der Waals surface area (Å²) in [4.78, 5) is 24.3. The number of nitrogens with one attached hydrogen (secondary N) is 2. The molecule has 0 aliphatic carbocycles. The monoisotopic (exact) mass is 386 g/mol. The molecule has 4 nitrogen and oxygen atoms in total. The van der Waals surface area contributed by atoms with Crippen LogP contribution >= 0.6 is 0 Å². The second-order valence-electron chi connectivity index (χ2n) is 6.90. The molecule has 0 unspecified atom stereocenters. The molecule has 4 heteroatoms. The molecule has 3 rings (SSSR count). The lowest BCUT2D eigenvalue weighted by atomic mass is 9.91. The van der Waals surface area contributed by atoms with Crippen molar-refractivity contribution in [2.45, 2.75) is 18.8 Å². The van der Waals surface area contributed by atoms with E-state index in [9.17, 15) is 9.59 Å². The second-order valence-corrected chi connectivity index (χ2v) is 6.90. The predicted molar refractivity (Wildman–Crippen MR) is 116 cm³/mol. The lowest BCUT2D eigenvalue weighted by molar-refractivity contribution is -0.121. The molecule has 2 amide bonds. The van der Waals surface area contributed by atoms with Crippen molar-refractivity contribution in [1.29, 1.82) is 0 Å². The molecule has 0 atom stereocenters. The van der Waals surface area contributed by atoms with Gasteiger partial charge >= 0.3 is 0 Å². The highest BCUT2D eigenvalue weighted by atomic mass is 16.2. The highest BCUT2D eigenvalue weighted by molar-refractivity contribution is 5.94. The summed E-state index contributed by atoms with van der Waals surface area (Å²) in [6, 6.07) is 29.5. The van der Waals surface area contributed by atoms with E-state index in [0.29, 0.717) is 31.5 Å². The first-order chi connectivity index (χ1) is 14.2. The second kappa shape index (κ2) is 10.8. The summed E-state index contributed by atoms with van der Waals surface area (Å²) in [6.07, 6.45) is 0.983. The van der Waals surface area contributed by atoms with E-state index >= 15 is 0 Å². The number of hydrogen-bond donors (Lipinski definition) is 2. The Morgan fingerprint density at radius 2 is 1.21 bits per heavy atom. The van der Waals surface area contributed by atoms with Crippen LogP contribution in [0.5, 0.6) is 0 Å². The molecule has 3 aromatic rings. The summed E-state index contributed by atoms with van der Waals surface area (Å²) >= 11 is 0. The summed E-state index contributed by atoms with van der Waals surface area (Å²) in [5.74, 6) is -0.00539.